The van der Waals surface area contributed by atoms with Crippen LogP contribution in [0, 0.1) is 11.6 Å². The molecular formula is C7H5ClF2O2S. The van der Waals surface area contributed by atoms with Crippen molar-refractivity contribution < 1.29 is 17.2 Å². The van der Waals surface area contributed by atoms with Crippen molar-refractivity contribution in [2.24, 2.45) is 0 Å². The molecule has 0 aromatic heterocycles. The molecule has 0 saturated carbocycles. The van der Waals surface area contributed by atoms with E-state index in [2.05, 4.69) is 0 Å². The van der Waals surface area contributed by atoms with Crippen molar-refractivity contribution in [2.45, 2.75) is 4.90 Å². The van der Waals surface area contributed by atoms with Gasteiger partial charge in [-0.1, -0.05) is 11.6 Å². The van der Waals surface area contributed by atoms with E-state index in [9.17, 15) is 17.2 Å². The Bertz CT molecular complexity index is 442. The fraction of sp³-hybridized carbons (Fsp3) is 0.143. The standard InChI is InChI=1S/C7H5ClF2O2S/c1-13(11,12)7-2-4(8)5(9)3-6(7)10/h2-3H,1H3. The number of hydrogen-bond donors (Lipinski definition) is 0. The first kappa shape index (κ1) is 10.4. The summed E-state index contributed by atoms with van der Waals surface area (Å²) in [5, 5.41) is -0.415. The number of sulfone groups is 1. The molecule has 0 N–H and O–H groups in total. The largest absolute Gasteiger partial charge is 0.224 e. The summed E-state index contributed by atoms with van der Waals surface area (Å²) in [7, 11) is -3.70. The van der Waals surface area contributed by atoms with Crippen LogP contribution in [-0.2, 0) is 9.84 Å². The SMILES string of the molecule is CS(=O)(=O)c1cc(Cl)c(F)cc1F. The van der Waals surface area contributed by atoms with Crippen LogP contribution >= 0.6 is 11.6 Å². The van der Waals surface area contributed by atoms with Crippen LogP contribution in [-0.4, -0.2) is 14.7 Å². The van der Waals surface area contributed by atoms with Gasteiger partial charge in [-0.2, -0.15) is 0 Å². The van der Waals surface area contributed by atoms with Crippen molar-refractivity contribution >= 4 is 21.4 Å². The lowest BCUT2D eigenvalue weighted by atomic mass is 10.3. The zero-order chi connectivity index (χ0) is 10.2. The summed E-state index contributed by atoms with van der Waals surface area (Å²) in [5.41, 5.74) is 0. The zero-order valence-corrected chi connectivity index (χ0v) is 8.09. The lowest BCUT2D eigenvalue weighted by molar-refractivity contribution is 0.551. The number of halogens is 3. The first-order valence-electron chi connectivity index (χ1n) is 3.17. The fourth-order valence-electron chi connectivity index (χ4n) is 0.788. The first-order valence-corrected chi connectivity index (χ1v) is 5.44. The van der Waals surface area contributed by atoms with Crippen molar-refractivity contribution in [3.63, 3.8) is 0 Å². The fourth-order valence-corrected chi connectivity index (χ4v) is 1.76. The van der Waals surface area contributed by atoms with E-state index in [1.165, 1.54) is 0 Å². The molecule has 0 atom stereocenters. The van der Waals surface area contributed by atoms with E-state index in [0.717, 1.165) is 12.3 Å². The maximum Gasteiger partial charge on any atom is 0.178 e. The topological polar surface area (TPSA) is 34.1 Å². The molecule has 0 unspecified atom stereocenters. The van der Waals surface area contributed by atoms with Gasteiger partial charge in [0.15, 0.2) is 9.84 Å². The predicted molar refractivity (Wildman–Crippen MR) is 44.5 cm³/mol. The summed E-state index contributed by atoms with van der Waals surface area (Å²) in [4.78, 5) is -0.598. The number of hydrogen-bond acceptors (Lipinski definition) is 2. The second kappa shape index (κ2) is 3.23. The molecule has 0 radical (unpaired) electrons. The third kappa shape index (κ3) is 2.16. The second-order valence-electron chi connectivity index (χ2n) is 2.47. The van der Waals surface area contributed by atoms with Crippen LogP contribution in [0.5, 0.6) is 0 Å². The smallest absolute Gasteiger partial charge is 0.178 e. The van der Waals surface area contributed by atoms with Gasteiger partial charge < -0.3 is 0 Å². The Hall–Kier alpha value is -0.680. The van der Waals surface area contributed by atoms with Gasteiger partial charge in [0, 0.05) is 12.3 Å². The Morgan fingerprint density at radius 3 is 2.23 bits per heavy atom. The maximum absolute atomic E-state index is 12.8. The van der Waals surface area contributed by atoms with Gasteiger partial charge in [-0.3, -0.25) is 0 Å². The summed E-state index contributed by atoms with van der Waals surface area (Å²) >= 11 is 5.29. The highest BCUT2D eigenvalue weighted by molar-refractivity contribution is 7.90. The van der Waals surface area contributed by atoms with Crippen LogP contribution in [0.4, 0.5) is 8.78 Å². The third-order valence-electron chi connectivity index (χ3n) is 1.37. The molecule has 0 aliphatic carbocycles. The minimum atomic E-state index is -3.70. The summed E-state index contributed by atoms with van der Waals surface area (Å²) in [6, 6.07) is 1.19. The second-order valence-corrected chi connectivity index (χ2v) is 4.86. The molecule has 0 aliphatic rings. The lowest BCUT2D eigenvalue weighted by Crippen LogP contribution is -2.01. The Morgan fingerprint density at radius 2 is 1.77 bits per heavy atom. The number of rotatable bonds is 1. The molecule has 0 aliphatic heterocycles. The highest BCUT2D eigenvalue weighted by Gasteiger charge is 2.16. The molecule has 2 nitrogen and oxygen atoms in total. The minimum absolute atomic E-state index is 0.415. The predicted octanol–water partition coefficient (Wildman–Crippen LogP) is 2.02. The normalized spacial score (nSPS) is 11.7. The first-order chi connectivity index (χ1) is 5.82. The summed E-state index contributed by atoms with van der Waals surface area (Å²) in [5.74, 6) is -2.11. The minimum Gasteiger partial charge on any atom is -0.224 e. The average Bonchev–Trinajstić information content (AvgIpc) is 1.94. The van der Waals surface area contributed by atoms with Crippen molar-refractivity contribution in [3.8, 4) is 0 Å². The van der Waals surface area contributed by atoms with Gasteiger partial charge in [-0.25, -0.2) is 17.2 Å². The molecule has 0 saturated heterocycles. The molecule has 1 rings (SSSR count). The Labute approximate surface area is 79.1 Å². The molecule has 6 heteroatoms. The highest BCUT2D eigenvalue weighted by atomic mass is 35.5. The van der Waals surface area contributed by atoms with Gasteiger partial charge >= 0.3 is 0 Å². The van der Waals surface area contributed by atoms with Crippen LogP contribution in [0.3, 0.4) is 0 Å². The van der Waals surface area contributed by atoms with Crippen LogP contribution in [0.15, 0.2) is 17.0 Å². The van der Waals surface area contributed by atoms with Crippen molar-refractivity contribution in [1.82, 2.24) is 0 Å². The molecule has 0 amide bonds. The van der Waals surface area contributed by atoms with Crippen LogP contribution in [0.1, 0.15) is 0 Å². The lowest BCUT2D eigenvalue weighted by Gasteiger charge is -2.01. The maximum atomic E-state index is 12.8. The summed E-state index contributed by atoms with van der Waals surface area (Å²) < 4.78 is 47.2. The van der Waals surface area contributed by atoms with Crippen molar-refractivity contribution in [2.75, 3.05) is 6.26 Å². The molecule has 0 spiro atoms. The van der Waals surface area contributed by atoms with E-state index < -0.39 is 31.4 Å². The van der Waals surface area contributed by atoms with Gasteiger partial charge in [0.1, 0.15) is 16.5 Å². The van der Waals surface area contributed by atoms with Crippen LogP contribution in [0.2, 0.25) is 5.02 Å². The Kier molecular flexibility index (Phi) is 2.58. The van der Waals surface area contributed by atoms with Crippen molar-refractivity contribution in [1.29, 1.82) is 0 Å². The third-order valence-corrected chi connectivity index (χ3v) is 2.78. The Balaban J connectivity index is 3.50. The van der Waals surface area contributed by atoms with E-state index in [-0.39, 0.29) is 0 Å². The van der Waals surface area contributed by atoms with Gasteiger partial charge in [-0.05, 0) is 6.07 Å². The van der Waals surface area contributed by atoms with E-state index in [1.807, 2.05) is 0 Å². The monoisotopic (exact) mass is 226 g/mol. The van der Waals surface area contributed by atoms with Gasteiger partial charge in [0.25, 0.3) is 0 Å². The molecular weight excluding hydrogens is 222 g/mol. The van der Waals surface area contributed by atoms with E-state index in [4.69, 9.17) is 11.6 Å². The van der Waals surface area contributed by atoms with E-state index in [1.54, 1.807) is 0 Å². The summed E-state index contributed by atoms with van der Waals surface area (Å²) in [6.07, 6.45) is 0.819. The summed E-state index contributed by atoms with van der Waals surface area (Å²) in [6.45, 7) is 0. The molecule has 72 valence electrons. The van der Waals surface area contributed by atoms with Gasteiger partial charge in [0.05, 0.1) is 5.02 Å². The molecule has 13 heavy (non-hydrogen) atoms. The quantitative estimate of drug-likeness (QED) is 0.542. The zero-order valence-electron chi connectivity index (χ0n) is 6.51. The molecule has 0 fully saturated rings. The van der Waals surface area contributed by atoms with Crippen LogP contribution < -0.4 is 0 Å². The average molecular weight is 227 g/mol. The highest BCUT2D eigenvalue weighted by Crippen LogP contribution is 2.22. The molecule has 0 heterocycles. The van der Waals surface area contributed by atoms with E-state index >= 15 is 0 Å². The molecule has 1 aromatic rings. The number of benzene rings is 1. The van der Waals surface area contributed by atoms with E-state index in [0.29, 0.717) is 6.07 Å². The Morgan fingerprint density at radius 1 is 1.23 bits per heavy atom. The van der Waals surface area contributed by atoms with Gasteiger partial charge in [0.2, 0.25) is 0 Å². The van der Waals surface area contributed by atoms with Crippen LogP contribution in [0.25, 0.3) is 0 Å². The molecule has 1 aromatic carbocycles. The van der Waals surface area contributed by atoms with Crippen molar-refractivity contribution in [3.05, 3.63) is 28.8 Å². The van der Waals surface area contributed by atoms with Gasteiger partial charge in [-0.15, -0.1) is 0 Å². The molecule has 0 bridgehead atoms.